The van der Waals surface area contributed by atoms with Crippen molar-refractivity contribution in [1.82, 2.24) is 0 Å². The minimum atomic E-state index is -0.819. The van der Waals surface area contributed by atoms with Crippen molar-refractivity contribution in [2.75, 3.05) is 11.6 Å². The van der Waals surface area contributed by atoms with Gasteiger partial charge in [0.25, 0.3) is 0 Å². The van der Waals surface area contributed by atoms with Gasteiger partial charge in [0.1, 0.15) is 0 Å². The quantitative estimate of drug-likeness (QED) is 0.802. The van der Waals surface area contributed by atoms with Crippen molar-refractivity contribution in [1.29, 1.82) is 0 Å². The van der Waals surface area contributed by atoms with Crippen LogP contribution in [0.3, 0.4) is 0 Å². The number of nitrogens with one attached hydrogen (secondary N) is 1. The largest absolute Gasteiger partial charge is 0.378 e. The van der Waals surface area contributed by atoms with Gasteiger partial charge < -0.3 is 5.32 Å². The number of benzene rings is 2. The van der Waals surface area contributed by atoms with E-state index in [0.717, 1.165) is 22.2 Å². The van der Waals surface area contributed by atoms with Crippen LogP contribution in [-0.4, -0.2) is 6.26 Å². The molecule has 1 N–H and O–H groups in total. The molecule has 1 unspecified atom stereocenters. The Morgan fingerprint density at radius 3 is 2.47 bits per heavy atom. The predicted octanol–water partition coefficient (Wildman–Crippen LogP) is 4.86. The summed E-state index contributed by atoms with van der Waals surface area (Å²) in [7, 11) is 0. The van der Waals surface area contributed by atoms with E-state index in [2.05, 4.69) is 5.32 Å². The zero-order valence-electron chi connectivity index (χ0n) is 10.8. The zero-order chi connectivity index (χ0) is 13.8. The van der Waals surface area contributed by atoms with Crippen LogP contribution >= 0.6 is 11.8 Å². The van der Waals surface area contributed by atoms with Crippen LogP contribution in [-0.2, 0) is 0 Å². The standard InChI is InChI=1S/C15H15F2NS/c1-10(11-7-8-12(16)13(17)9-11)18-14-5-3-4-6-15(14)19-2/h3-10,18H,1-2H3. The number of rotatable bonds is 4. The molecule has 0 aromatic heterocycles. The lowest BCUT2D eigenvalue weighted by Gasteiger charge is -2.18. The van der Waals surface area contributed by atoms with Gasteiger partial charge in [0.2, 0.25) is 0 Å². The Hall–Kier alpha value is -1.55. The molecule has 4 heteroatoms. The van der Waals surface area contributed by atoms with Crippen molar-refractivity contribution in [2.24, 2.45) is 0 Å². The van der Waals surface area contributed by atoms with Crippen molar-refractivity contribution in [3.8, 4) is 0 Å². The molecular formula is C15H15F2NS. The number of hydrogen-bond donors (Lipinski definition) is 1. The maximum atomic E-state index is 13.2. The topological polar surface area (TPSA) is 12.0 Å². The zero-order valence-corrected chi connectivity index (χ0v) is 11.6. The fraction of sp³-hybridized carbons (Fsp3) is 0.200. The van der Waals surface area contributed by atoms with E-state index in [9.17, 15) is 8.78 Å². The number of thioether (sulfide) groups is 1. The lowest BCUT2D eigenvalue weighted by atomic mass is 10.1. The van der Waals surface area contributed by atoms with Gasteiger partial charge in [-0.05, 0) is 43.0 Å². The van der Waals surface area contributed by atoms with Gasteiger partial charge in [-0.3, -0.25) is 0 Å². The predicted molar refractivity (Wildman–Crippen MR) is 76.6 cm³/mol. The van der Waals surface area contributed by atoms with Crippen LogP contribution in [0.15, 0.2) is 47.4 Å². The van der Waals surface area contributed by atoms with Crippen molar-refractivity contribution < 1.29 is 8.78 Å². The SMILES string of the molecule is CSc1ccccc1NC(C)c1ccc(F)c(F)c1. The first kappa shape index (κ1) is 13.9. The van der Waals surface area contributed by atoms with Gasteiger partial charge in [0, 0.05) is 16.6 Å². The molecule has 0 spiro atoms. The molecule has 0 bridgehead atoms. The van der Waals surface area contributed by atoms with E-state index in [-0.39, 0.29) is 6.04 Å². The van der Waals surface area contributed by atoms with Gasteiger partial charge in [0.15, 0.2) is 11.6 Å². The summed E-state index contributed by atoms with van der Waals surface area (Å²) >= 11 is 1.64. The fourth-order valence-corrected chi connectivity index (χ4v) is 2.42. The Labute approximate surface area is 116 Å². The fourth-order valence-electron chi connectivity index (χ4n) is 1.86. The monoisotopic (exact) mass is 279 g/mol. The molecule has 2 rings (SSSR count). The minimum Gasteiger partial charge on any atom is -0.378 e. The summed E-state index contributed by atoms with van der Waals surface area (Å²) in [4.78, 5) is 1.12. The summed E-state index contributed by atoms with van der Waals surface area (Å²) in [5, 5.41) is 3.31. The summed E-state index contributed by atoms with van der Waals surface area (Å²) < 4.78 is 26.1. The second-order valence-electron chi connectivity index (χ2n) is 4.24. The number of halogens is 2. The van der Waals surface area contributed by atoms with Crippen LogP contribution in [0.2, 0.25) is 0 Å². The van der Waals surface area contributed by atoms with Crippen LogP contribution in [0, 0.1) is 11.6 Å². The highest BCUT2D eigenvalue weighted by Crippen LogP contribution is 2.28. The van der Waals surface area contributed by atoms with Crippen LogP contribution in [0.4, 0.5) is 14.5 Å². The number of hydrogen-bond acceptors (Lipinski definition) is 2. The molecule has 0 heterocycles. The van der Waals surface area contributed by atoms with Gasteiger partial charge in [-0.2, -0.15) is 0 Å². The first-order valence-corrected chi connectivity index (χ1v) is 7.19. The average Bonchev–Trinajstić information content (AvgIpc) is 2.42. The summed E-state index contributed by atoms with van der Waals surface area (Å²) in [5.41, 5.74) is 1.71. The minimum absolute atomic E-state index is 0.0941. The normalized spacial score (nSPS) is 12.2. The molecule has 1 atom stereocenters. The summed E-state index contributed by atoms with van der Waals surface area (Å²) in [6.07, 6.45) is 2.00. The molecule has 0 radical (unpaired) electrons. The molecule has 19 heavy (non-hydrogen) atoms. The summed E-state index contributed by atoms with van der Waals surface area (Å²) in [5.74, 6) is -1.63. The molecule has 0 saturated carbocycles. The number of anilines is 1. The molecule has 0 saturated heterocycles. The lowest BCUT2D eigenvalue weighted by Crippen LogP contribution is -2.08. The van der Waals surface area contributed by atoms with Gasteiger partial charge in [-0.15, -0.1) is 11.8 Å². The van der Waals surface area contributed by atoms with E-state index < -0.39 is 11.6 Å². The van der Waals surface area contributed by atoms with E-state index in [0.29, 0.717) is 0 Å². The second-order valence-corrected chi connectivity index (χ2v) is 5.09. The maximum absolute atomic E-state index is 13.2. The highest BCUT2D eigenvalue weighted by atomic mass is 32.2. The molecule has 0 aliphatic carbocycles. The smallest absolute Gasteiger partial charge is 0.159 e. The lowest BCUT2D eigenvalue weighted by molar-refractivity contribution is 0.506. The Morgan fingerprint density at radius 1 is 1.05 bits per heavy atom. The number of para-hydroxylation sites is 1. The molecule has 0 amide bonds. The van der Waals surface area contributed by atoms with Crippen molar-refractivity contribution in [2.45, 2.75) is 17.9 Å². The molecular weight excluding hydrogens is 264 g/mol. The van der Waals surface area contributed by atoms with Crippen molar-refractivity contribution in [3.63, 3.8) is 0 Å². The van der Waals surface area contributed by atoms with E-state index in [1.54, 1.807) is 17.8 Å². The van der Waals surface area contributed by atoms with Crippen LogP contribution < -0.4 is 5.32 Å². The second kappa shape index (κ2) is 6.06. The average molecular weight is 279 g/mol. The first-order chi connectivity index (χ1) is 9.11. The van der Waals surface area contributed by atoms with Crippen molar-refractivity contribution >= 4 is 17.4 Å². The molecule has 0 fully saturated rings. The molecule has 0 aliphatic heterocycles. The van der Waals surface area contributed by atoms with E-state index in [4.69, 9.17) is 0 Å². The van der Waals surface area contributed by atoms with Crippen molar-refractivity contribution in [3.05, 3.63) is 59.7 Å². The summed E-state index contributed by atoms with van der Waals surface area (Å²) in [6.45, 7) is 1.92. The third-order valence-electron chi connectivity index (χ3n) is 2.92. The molecule has 0 aliphatic rings. The van der Waals surface area contributed by atoms with E-state index >= 15 is 0 Å². The first-order valence-electron chi connectivity index (χ1n) is 5.96. The van der Waals surface area contributed by atoms with Gasteiger partial charge in [-0.1, -0.05) is 18.2 Å². The molecule has 100 valence electrons. The Morgan fingerprint density at radius 2 is 1.79 bits per heavy atom. The van der Waals surface area contributed by atoms with E-state index in [1.165, 1.54) is 6.07 Å². The Balaban J connectivity index is 2.20. The third kappa shape index (κ3) is 3.26. The maximum Gasteiger partial charge on any atom is 0.159 e. The third-order valence-corrected chi connectivity index (χ3v) is 3.72. The Kier molecular flexibility index (Phi) is 4.43. The van der Waals surface area contributed by atoms with E-state index in [1.807, 2.05) is 37.4 Å². The molecule has 2 aromatic rings. The highest BCUT2D eigenvalue weighted by molar-refractivity contribution is 7.98. The van der Waals surface area contributed by atoms with Gasteiger partial charge in [0.05, 0.1) is 0 Å². The Bertz CT molecular complexity index is 572. The highest BCUT2D eigenvalue weighted by Gasteiger charge is 2.10. The van der Waals surface area contributed by atoms with Crippen LogP contribution in [0.5, 0.6) is 0 Å². The van der Waals surface area contributed by atoms with Gasteiger partial charge >= 0.3 is 0 Å². The molecule has 1 nitrogen and oxygen atoms in total. The van der Waals surface area contributed by atoms with Crippen LogP contribution in [0.25, 0.3) is 0 Å². The van der Waals surface area contributed by atoms with Gasteiger partial charge in [-0.25, -0.2) is 8.78 Å². The molecule has 2 aromatic carbocycles. The van der Waals surface area contributed by atoms with Crippen LogP contribution in [0.1, 0.15) is 18.5 Å². The summed E-state index contributed by atoms with van der Waals surface area (Å²) in [6, 6.07) is 11.8.